The van der Waals surface area contributed by atoms with E-state index in [9.17, 15) is 9.59 Å². The van der Waals surface area contributed by atoms with E-state index in [4.69, 9.17) is 10.00 Å². The highest BCUT2D eigenvalue weighted by molar-refractivity contribution is 6.05. The lowest BCUT2D eigenvalue weighted by Crippen LogP contribution is -2.36. The zero-order chi connectivity index (χ0) is 15.5. The van der Waals surface area contributed by atoms with Gasteiger partial charge in [-0.1, -0.05) is 26.0 Å². The topological polar surface area (TPSA) is 70.4 Å². The molecule has 0 saturated carbocycles. The Hall–Kier alpha value is -2.35. The molecule has 0 aliphatic carbocycles. The van der Waals surface area contributed by atoms with Gasteiger partial charge in [-0.15, -0.1) is 0 Å². The molecule has 1 aromatic carbocycles. The summed E-state index contributed by atoms with van der Waals surface area (Å²) in [5.41, 5.74) is 0.326. The fourth-order valence-corrected chi connectivity index (χ4v) is 2.30. The van der Waals surface area contributed by atoms with Crippen LogP contribution in [-0.4, -0.2) is 29.9 Å². The third-order valence-electron chi connectivity index (χ3n) is 3.51. The average molecular weight is 286 g/mol. The Kier molecular flexibility index (Phi) is 4.27. The average Bonchev–Trinajstić information content (AvgIpc) is 2.63. The number of imide groups is 1. The van der Waals surface area contributed by atoms with Crippen LogP contribution in [-0.2, 0) is 16.0 Å². The molecule has 0 unspecified atom stereocenters. The monoisotopic (exact) mass is 286 g/mol. The Morgan fingerprint density at radius 2 is 1.95 bits per heavy atom. The number of hydrogen-bond acceptors (Lipinski definition) is 4. The zero-order valence-electron chi connectivity index (χ0n) is 12.3. The molecule has 1 heterocycles. The van der Waals surface area contributed by atoms with Crippen molar-refractivity contribution in [1.29, 1.82) is 5.26 Å². The van der Waals surface area contributed by atoms with Crippen LogP contribution in [0.25, 0.3) is 0 Å². The van der Waals surface area contributed by atoms with Gasteiger partial charge < -0.3 is 4.74 Å². The van der Waals surface area contributed by atoms with Crippen LogP contribution < -0.4 is 4.74 Å². The number of rotatable bonds is 5. The molecule has 5 heteroatoms. The highest BCUT2D eigenvalue weighted by Crippen LogP contribution is 2.31. The first kappa shape index (κ1) is 15.0. The van der Waals surface area contributed by atoms with Crippen molar-refractivity contribution in [2.75, 3.05) is 13.2 Å². The molecule has 1 fully saturated rings. The van der Waals surface area contributed by atoms with Crippen LogP contribution in [0, 0.1) is 16.7 Å². The van der Waals surface area contributed by atoms with Crippen LogP contribution in [0.2, 0.25) is 0 Å². The van der Waals surface area contributed by atoms with Crippen LogP contribution in [0.15, 0.2) is 24.3 Å². The third-order valence-corrected chi connectivity index (χ3v) is 3.51. The summed E-state index contributed by atoms with van der Waals surface area (Å²) >= 11 is 0. The molecule has 2 rings (SSSR count). The molecule has 5 nitrogen and oxygen atoms in total. The minimum absolute atomic E-state index is 0.138. The summed E-state index contributed by atoms with van der Waals surface area (Å²) in [4.78, 5) is 25.1. The zero-order valence-corrected chi connectivity index (χ0v) is 12.3. The van der Waals surface area contributed by atoms with Gasteiger partial charge in [-0.3, -0.25) is 14.5 Å². The molecular weight excluding hydrogens is 268 g/mol. The molecule has 0 bridgehead atoms. The third kappa shape index (κ3) is 3.40. The number of amides is 2. The normalized spacial score (nSPS) is 16.9. The van der Waals surface area contributed by atoms with Crippen molar-refractivity contribution < 1.29 is 14.3 Å². The van der Waals surface area contributed by atoms with E-state index in [0.717, 1.165) is 5.56 Å². The quantitative estimate of drug-likeness (QED) is 0.775. The van der Waals surface area contributed by atoms with Gasteiger partial charge in [0.2, 0.25) is 11.8 Å². The first-order chi connectivity index (χ1) is 9.94. The number of nitriles is 1. The summed E-state index contributed by atoms with van der Waals surface area (Å²) in [5, 5.41) is 8.59. The molecule has 110 valence electrons. The number of likely N-dealkylation sites (tertiary alicyclic amines) is 1. The lowest BCUT2D eigenvalue weighted by molar-refractivity contribution is -0.141. The van der Waals surface area contributed by atoms with Crippen LogP contribution in [0.5, 0.6) is 5.75 Å². The standard InChI is InChI=1S/C16H18N2O3/c1-16(2)11-14(19)18(15(16)20)9-10-21-13-5-3-12(4-6-13)7-8-17/h3-6H,7,9-11H2,1-2H3. The van der Waals surface area contributed by atoms with Crippen molar-refractivity contribution in [1.82, 2.24) is 4.90 Å². The van der Waals surface area contributed by atoms with E-state index in [1.54, 1.807) is 26.0 Å². The van der Waals surface area contributed by atoms with Crippen molar-refractivity contribution in [3.8, 4) is 11.8 Å². The fourth-order valence-electron chi connectivity index (χ4n) is 2.30. The molecule has 1 aromatic rings. The smallest absolute Gasteiger partial charge is 0.235 e. The molecule has 21 heavy (non-hydrogen) atoms. The molecule has 0 atom stereocenters. The predicted molar refractivity (Wildman–Crippen MR) is 76.4 cm³/mol. The molecule has 1 aliphatic rings. The Bertz CT molecular complexity index is 585. The Morgan fingerprint density at radius 3 is 2.48 bits per heavy atom. The van der Waals surface area contributed by atoms with E-state index in [1.165, 1.54) is 4.90 Å². The highest BCUT2D eigenvalue weighted by Gasteiger charge is 2.44. The molecule has 1 aliphatic heterocycles. The number of carbonyl (C=O) groups is 2. The maximum Gasteiger partial charge on any atom is 0.235 e. The van der Waals surface area contributed by atoms with E-state index in [2.05, 4.69) is 6.07 Å². The van der Waals surface area contributed by atoms with Crippen molar-refractivity contribution in [2.24, 2.45) is 5.41 Å². The molecule has 0 aromatic heterocycles. The Labute approximate surface area is 124 Å². The number of carbonyl (C=O) groups excluding carboxylic acids is 2. The van der Waals surface area contributed by atoms with Crippen molar-refractivity contribution in [3.05, 3.63) is 29.8 Å². The molecule has 1 saturated heterocycles. The van der Waals surface area contributed by atoms with Crippen molar-refractivity contribution >= 4 is 11.8 Å². The summed E-state index contributed by atoms with van der Waals surface area (Å²) in [6.07, 6.45) is 0.626. The van der Waals surface area contributed by atoms with E-state index < -0.39 is 5.41 Å². The number of benzene rings is 1. The van der Waals surface area contributed by atoms with Crippen molar-refractivity contribution in [2.45, 2.75) is 26.7 Å². The highest BCUT2D eigenvalue weighted by atomic mass is 16.5. The van der Waals surface area contributed by atoms with Gasteiger partial charge in [0.25, 0.3) is 0 Å². The number of hydrogen-bond donors (Lipinski definition) is 0. The minimum Gasteiger partial charge on any atom is -0.492 e. The summed E-state index contributed by atoms with van der Waals surface area (Å²) in [7, 11) is 0. The van der Waals surface area contributed by atoms with Crippen LogP contribution in [0.4, 0.5) is 0 Å². The molecular formula is C16H18N2O3. The fraction of sp³-hybridized carbons (Fsp3) is 0.438. The van der Waals surface area contributed by atoms with E-state index in [-0.39, 0.29) is 31.4 Å². The van der Waals surface area contributed by atoms with E-state index in [1.807, 2.05) is 12.1 Å². The van der Waals surface area contributed by atoms with Crippen LogP contribution in [0.3, 0.4) is 0 Å². The minimum atomic E-state index is -0.601. The molecule has 0 N–H and O–H groups in total. The lowest BCUT2D eigenvalue weighted by atomic mass is 9.92. The molecule has 2 amide bonds. The summed E-state index contributed by atoms with van der Waals surface area (Å²) < 4.78 is 5.54. The Balaban J connectivity index is 1.86. The SMILES string of the molecule is CC1(C)CC(=O)N(CCOc2ccc(CC#N)cc2)C1=O. The predicted octanol–water partition coefficient (Wildman–Crippen LogP) is 1.92. The maximum atomic E-state index is 12.0. The molecule has 0 radical (unpaired) electrons. The van der Waals surface area contributed by atoms with E-state index >= 15 is 0 Å². The summed E-state index contributed by atoms with van der Waals surface area (Å²) in [6.45, 7) is 4.09. The van der Waals surface area contributed by atoms with Gasteiger partial charge in [-0.2, -0.15) is 5.26 Å². The number of nitrogens with zero attached hydrogens (tertiary/aromatic N) is 2. The second-order valence-corrected chi connectivity index (χ2v) is 5.74. The van der Waals surface area contributed by atoms with Gasteiger partial charge in [0.15, 0.2) is 0 Å². The van der Waals surface area contributed by atoms with Crippen molar-refractivity contribution in [3.63, 3.8) is 0 Å². The second kappa shape index (κ2) is 5.96. The largest absolute Gasteiger partial charge is 0.492 e. The van der Waals surface area contributed by atoms with Gasteiger partial charge in [0.1, 0.15) is 12.4 Å². The first-order valence-corrected chi connectivity index (χ1v) is 6.87. The number of ether oxygens (including phenoxy) is 1. The van der Waals surface area contributed by atoms with Crippen LogP contribution >= 0.6 is 0 Å². The summed E-state index contributed by atoms with van der Waals surface area (Å²) in [5.74, 6) is 0.383. The first-order valence-electron chi connectivity index (χ1n) is 6.87. The second-order valence-electron chi connectivity index (χ2n) is 5.74. The van der Waals surface area contributed by atoms with Gasteiger partial charge in [-0.25, -0.2) is 0 Å². The van der Waals surface area contributed by atoms with Crippen LogP contribution in [0.1, 0.15) is 25.8 Å². The van der Waals surface area contributed by atoms with Gasteiger partial charge >= 0.3 is 0 Å². The van der Waals surface area contributed by atoms with Gasteiger partial charge in [-0.05, 0) is 17.7 Å². The van der Waals surface area contributed by atoms with E-state index in [0.29, 0.717) is 12.2 Å². The Morgan fingerprint density at radius 1 is 1.29 bits per heavy atom. The van der Waals surface area contributed by atoms with Gasteiger partial charge in [0, 0.05) is 6.42 Å². The lowest BCUT2D eigenvalue weighted by Gasteiger charge is -2.17. The molecule has 0 spiro atoms. The van der Waals surface area contributed by atoms with Gasteiger partial charge in [0.05, 0.1) is 24.4 Å². The maximum absolute atomic E-state index is 12.0. The summed E-state index contributed by atoms with van der Waals surface area (Å²) in [6, 6.07) is 9.30.